The number of halogens is 1. The van der Waals surface area contributed by atoms with Crippen LogP contribution in [0, 0.1) is 0 Å². The van der Waals surface area contributed by atoms with E-state index in [0.717, 1.165) is 43.7 Å². The monoisotopic (exact) mass is 433 g/mol. The van der Waals surface area contributed by atoms with Gasteiger partial charge < -0.3 is 18.8 Å². The molecule has 0 aliphatic carbocycles. The van der Waals surface area contributed by atoms with E-state index in [9.17, 15) is 0 Å². The van der Waals surface area contributed by atoms with Crippen molar-refractivity contribution in [3.63, 3.8) is 0 Å². The Morgan fingerprint density at radius 1 is 0.968 bits per heavy atom. The summed E-state index contributed by atoms with van der Waals surface area (Å²) in [6.45, 7) is 4.80. The van der Waals surface area contributed by atoms with Crippen molar-refractivity contribution in [3.8, 4) is 17.2 Å². The standard InChI is InChI=1S/C26H24ClNO3/c1-26(2)11-10-19-22(31-26)9-8-18-20-13-23(29-3)24(30-4)14-21(20)28(25(18)19)15-16-6-5-7-17(27)12-16/h5-14H,15H2,1-4H3. The van der Waals surface area contributed by atoms with Gasteiger partial charge in [-0.15, -0.1) is 0 Å². The van der Waals surface area contributed by atoms with Gasteiger partial charge in [-0.05, 0) is 61.9 Å². The summed E-state index contributed by atoms with van der Waals surface area (Å²) in [6, 6.07) is 16.3. The van der Waals surface area contributed by atoms with Gasteiger partial charge in [-0.2, -0.15) is 0 Å². The average molecular weight is 434 g/mol. The zero-order valence-electron chi connectivity index (χ0n) is 18.0. The van der Waals surface area contributed by atoms with Gasteiger partial charge in [0.1, 0.15) is 11.4 Å². The van der Waals surface area contributed by atoms with Crippen molar-refractivity contribution >= 4 is 39.5 Å². The fourth-order valence-electron chi connectivity index (χ4n) is 4.36. The van der Waals surface area contributed by atoms with E-state index in [4.69, 9.17) is 25.8 Å². The Morgan fingerprint density at radius 3 is 2.48 bits per heavy atom. The van der Waals surface area contributed by atoms with Crippen LogP contribution in [0.2, 0.25) is 5.02 Å². The second kappa shape index (κ2) is 7.24. The molecule has 5 rings (SSSR count). The molecule has 0 radical (unpaired) electrons. The fraction of sp³-hybridized carbons (Fsp3) is 0.231. The van der Waals surface area contributed by atoms with Crippen LogP contribution in [0.15, 0.2) is 54.6 Å². The zero-order valence-corrected chi connectivity index (χ0v) is 18.8. The van der Waals surface area contributed by atoms with E-state index < -0.39 is 0 Å². The molecule has 1 aliphatic heterocycles. The second-order valence-electron chi connectivity index (χ2n) is 8.35. The second-order valence-corrected chi connectivity index (χ2v) is 8.79. The number of aromatic nitrogens is 1. The minimum Gasteiger partial charge on any atom is -0.493 e. The number of rotatable bonds is 4. The summed E-state index contributed by atoms with van der Waals surface area (Å²) in [4.78, 5) is 0. The smallest absolute Gasteiger partial charge is 0.162 e. The number of fused-ring (bicyclic) bond motifs is 5. The topological polar surface area (TPSA) is 32.6 Å². The highest BCUT2D eigenvalue weighted by molar-refractivity contribution is 6.30. The SMILES string of the molecule is COc1cc2c3ccc4c(c3n(Cc3cccc(Cl)c3)c2cc1OC)C=CC(C)(C)O4. The van der Waals surface area contributed by atoms with E-state index >= 15 is 0 Å². The summed E-state index contributed by atoms with van der Waals surface area (Å²) in [5.41, 5.74) is 4.05. The maximum Gasteiger partial charge on any atom is 0.162 e. The van der Waals surface area contributed by atoms with Crippen molar-refractivity contribution in [3.05, 3.63) is 70.8 Å². The van der Waals surface area contributed by atoms with Crippen LogP contribution in [0.25, 0.3) is 27.9 Å². The molecule has 3 aromatic carbocycles. The lowest BCUT2D eigenvalue weighted by atomic mass is 10.00. The minimum atomic E-state index is -0.336. The highest BCUT2D eigenvalue weighted by atomic mass is 35.5. The van der Waals surface area contributed by atoms with Gasteiger partial charge in [0.25, 0.3) is 0 Å². The summed E-state index contributed by atoms with van der Waals surface area (Å²) < 4.78 is 19.8. The molecule has 0 bridgehead atoms. The predicted molar refractivity (Wildman–Crippen MR) is 127 cm³/mol. The Bertz CT molecular complexity index is 1350. The molecule has 31 heavy (non-hydrogen) atoms. The van der Waals surface area contributed by atoms with Gasteiger partial charge in [0.15, 0.2) is 11.5 Å². The van der Waals surface area contributed by atoms with E-state index in [0.29, 0.717) is 18.0 Å². The molecule has 1 aromatic heterocycles. The zero-order chi connectivity index (χ0) is 21.8. The third-order valence-electron chi connectivity index (χ3n) is 5.78. The Morgan fingerprint density at radius 2 is 1.74 bits per heavy atom. The number of nitrogens with zero attached hydrogens (tertiary/aromatic N) is 1. The molecular formula is C26H24ClNO3. The quantitative estimate of drug-likeness (QED) is 0.359. The van der Waals surface area contributed by atoms with Crippen LogP contribution in [0.4, 0.5) is 0 Å². The highest BCUT2D eigenvalue weighted by Gasteiger charge is 2.26. The number of methoxy groups -OCH3 is 2. The highest BCUT2D eigenvalue weighted by Crippen LogP contribution is 2.43. The van der Waals surface area contributed by atoms with E-state index in [-0.39, 0.29) is 5.60 Å². The Labute approximate surface area is 186 Å². The van der Waals surface area contributed by atoms with Crippen LogP contribution in [-0.4, -0.2) is 24.4 Å². The van der Waals surface area contributed by atoms with Crippen LogP contribution in [-0.2, 0) is 6.54 Å². The van der Waals surface area contributed by atoms with Gasteiger partial charge >= 0.3 is 0 Å². The molecule has 0 atom stereocenters. The van der Waals surface area contributed by atoms with E-state index in [2.05, 4.69) is 54.8 Å². The van der Waals surface area contributed by atoms with Crippen LogP contribution >= 0.6 is 11.6 Å². The molecule has 0 unspecified atom stereocenters. The number of ether oxygens (including phenoxy) is 3. The maximum atomic E-state index is 6.28. The van der Waals surface area contributed by atoms with Gasteiger partial charge in [-0.25, -0.2) is 0 Å². The van der Waals surface area contributed by atoms with Crippen molar-refractivity contribution in [1.82, 2.24) is 4.57 Å². The van der Waals surface area contributed by atoms with Gasteiger partial charge in [-0.1, -0.05) is 23.7 Å². The number of benzene rings is 3. The molecule has 0 fully saturated rings. The van der Waals surface area contributed by atoms with Crippen molar-refractivity contribution in [2.75, 3.05) is 14.2 Å². The Kier molecular flexibility index (Phi) is 4.63. The molecule has 0 saturated carbocycles. The van der Waals surface area contributed by atoms with Crippen LogP contribution < -0.4 is 14.2 Å². The number of hydrogen-bond donors (Lipinski definition) is 0. The van der Waals surface area contributed by atoms with E-state index in [1.807, 2.05) is 24.3 Å². The Balaban J connectivity index is 1.85. The molecular weight excluding hydrogens is 410 g/mol. The third kappa shape index (κ3) is 3.31. The van der Waals surface area contributed by atoms with Crippen molar-refractivity contribution < 1.29 is 14.2 Å². The Hall–Kier alpha value is -3.11. The normalized spacial score (nSPS) is 14.5. The molecule has 0 amide bonds. The average Bonchev–Trinajstić information content (AvgIpc) is 3.04. The molecule has 158 valence electrons. The van der Waals surface area contributed by atoms with Gasteiger partial charge in [0.05, 0.1) is 25.3 Å². The first-order chi connectivity index (χ1) is 14.9. The first kappa shape index (κ1) is 19.8. The molecule has 4 aromatic rings. The summed E-state index contributed by atoms with van der Waals surface area (Å²) >= 11 is 6.28. The van der Waals surface area contributed by atoms with Gasteiger partial charge in [0.2, 0.25) is 0 Å². The lowest BCUT2D eigenvalue weighted by Crippen LogP contribution is -2.27. The number of hydrogen-bond acceptors (Lipinski definition) is 3. The molecule has 5 heteroatoms. The van der Waals surface area contributed by atoms with E-state index in [1.165, 1.54) is 0 Å². The molecule has 0 N–H and O–H groups in total. The fourth-order valence-corrected chi connectivity index (χ4v) is 4.57. The molecule has 0 spiro atoms. The first-order valence-corrected chi connectivity index (χ1v) is 10.6. The van der Waals surface area contributed by atoms with Gasteiger partial charge in [-0.3, -0.25) is 0 Å². The van der Waals surface area contributed by atoms with Crippen LogP contribution in [0.3, 0.4) is 0 Å². The summed E-state index contributed by atoms with van der Waals surface area (Å²) in [6.07, 6.45) is 4.28. The van der Waals surface area contributed by atoms with Crippen molar-refractivity contribution in [1.29, 1.82) is 0 Å². The van der Waals surface area contributed by atoms with E-state index in [1.54, 1.807) is 14.2 Å². The van der Waals surface area contributed by atoms with Crippen molar-refractivity contribution in [2.24, 2.45) is 0 Å². The predicted octanol–water partition coefficient (Wildman–Crippen LogP) is 6.70. The summed E-state index contributed by atoms with van der Waals surface area (Å²) in [5.74, 6) is 2.29. The van der Waals surface area contributed by atoms with Crippen LogP contribution in [0.1, 0.15) is 25.0 Å². The molecule has 0 saturated heterocycles. The lowest BCUT2D eigenvalue weighted by molar-refractivity contribution is 0.159. The first-order valence-electron chi connectivity index (χ1n) is 10.2. The molecule has 1 aliphatic rings. The van der Waals surface area contributed by atoms with Crippen LogP contribution in [0.5, 0.6) is 17.2 Å². The molecule has 4 nitrogen and oxygen atoms in total. The van der Waals surface area contributed by atoms with Gasteiger partial charge in [0, 0.05) is 34.0 Å². The maximum absolute atomic E-state index is 6.28. The molecule has 2 heterocycles. The summed E-state index contributed by atoms with van der Waals surface area (Å²) in [5, 5.41) is 2.98. The third-order valence-corrected chi connectivity index (χ3v) is 6.02. The minimum absolute atomic E-state index is 0.336. The lowest BCUT2D eigenvalue weighted by Gasteiger charge is -2.28. The largest absolute Gasteiger partial charge is 0.493 e. The van der Waals surface area contributed by atoms with Crippen molar-refractivity contribution in [2.45, 2.75) is 26.0 Å². The summed E-state index contributed by atoms with van der Waals surface area (Å²) in [7, 11) is 3.32.